The Labute approximate surface area is 77.4 Å². The van der Waals surface area contributed by atoms with Crippen molar-refractivity contribution in [1.82, 2.24) is 4.98 Å². The van der Waals surface area contributed by atoms with Crippen LogP contribution in [0.2, 0.25) is 0 Å². The van der Waals surface area contributed by atoms with Gasteiger partial charge >= 0.3 is 0 Å². The Morgan fingerprint density at radius 1 is 1.62 bits per heavy atom. The van der Waals surface area contributed by atoms with Crippen LogP contribution in [0.4, 0.5) is 0 Å². The fourth-order valence-electron chi connectivity index (χ4n) is 1.97. The lowest BCUT2D eigenvalue weighted by atomic mass is 10.1. The van der Waals surface area contributed by atoms with E-state index in [2.05, 4.69) is 11.9 Å². The first-order valence-corrected chi connectivity index (χ1v) is 4.48. The van der Waals surface area contributed by atoms with Crippen molar-refractivity contribution in [3.05, 3.63) is 17.3 Å². The molecule has 1 N–H and O–H groups in total. The Bertz CT molecular complexity index is 336. The van der Waals surface area contributed by atoms with E-state index in [0.717, 1.165) is 24.0 Å². The van der Waals surface area contributed by atoms with Crippen LogP contribution in [-0.4, -0.2) is 17.2 Å². The smallest absolute Gasteiger partial charge is 0.217 e. The van der Waals surface area contributed by atoms with Gasteiger partial charge in [0.25, 0.3) is 0 Å². The minimum absolute atomic E-state index is 0.306. The summed E-state index contributed by atoms with van der Waals surface area (Å²) in [4.78, 5) is 4.05. The van der Waals surface area contributed by atoms with Gasteiger partial charge in [0.2, 0.25) is 5.88 Å². The number of ether oxygens (including phenoxy) is 1. The molecule has 0 saturated carbocycles. The van der Waals surface area contributed by atoms with Gasteiger partial charge in [0.1, 0.15) is 5.75 Å². The number of hydrogen-bond donors (Lipinski definition) is 1. The molecule has 0 saturated heterocycles. The van der Waals surface area contributed by atoms with E-state index < -0.39 is 0 Å². The number of nitrogens with zero attached hydrogens (tertiary/aromatic N) is 1. The summed E-state index contributed by atoms with van der Waals surface area (Å²) in [5.41, 5.74) is 2.10. The quantitative estimate of drug-likeness (QED) is 0.715. The molecule has 0 aliphatic heterocycles. The van der Waals surface area contributed by atoms with Gasteiger partial charge in [0.15, 0.2) is 0 Å². The average Bonchev–Trinajstić information content (AvgIpc) is 2.51. The number of aromatic nitrogens is 1. The van der Waals surface area contributed by atoms with Crippen molar-refractivity contribution in [2.45, 2.75) is 25.7 Å². The molecule has 0 amide bonds. The first-order chi connectivity index (χ1) is 6.24. The van der Waals surface area contributed by atoms with Gasteiger partial charge in [0.05, 0.1) is 13.3 Å². The van der Waals surface area contributed by atoms with Gasteiger partial charge in [-0.3, -0.25) is 0 Å². The van der Waals surface area contributed by atoms with Gasteiger partial charge in [-0.1, -0.05) is 6.92 Å². The second-order valence-corrected chi connectivity index (χ2v) is 3.48. The Kier molecular flexibility index (Phi) is 1.87. The van der Waals surface area contributed by atoms with Crippen molar-refractivity contribution in [3.8, 4) is 11.6 Å². The highest BCUT2D eigenvalue weighted by atomic mass is 16.5. The maximum Gasteiger partial charge on any atom is 0.217 e. The lowest BCUT2D eigenvalue weighted by Gasteiger charge is -2.10. The van der Waals surface area contributed by atoms with E-state index in [1.165, 1.54) is 6.20 Å². The van der Waals surface area contributed by atoms with Gasteiger partial charge in [-0.05, 0) is 18.8 Å². The molecule has 1 unspecified atom stereocenters. The second-order valence-electron chi connectivity index (χ2n) is 3.48. The standard InChI is InChI=1S/C10H13NO2/c1-6-3-4-7-8(12)5-11-10(13-2)9(6)7/h5-6,12H,3-4H2,1-2H3. The summed E-state index contributed by atoms with van der Waals surface area (Å²) in [6.07, 6.45) is 3.47. The summed E-state index contributed by atoms with van der Waals surface area (Å²) in [6.45, 7) is 2.13. The number of pyridine rings is 1. The van der Waals surface area contributed by atoms with Crippen LogP contribution >= 0.6 is 0 Å². The Morgan fingerprint density at radius 2 is 2.38 bits per heavy atom. The highest BCUT2D eigenvalue weighted by Crippen LogP contribution is 2.41. The Hall–Kier alpha value is -1.25. The molecule has 3 nitrogen and oxygen atoms in total. The average molecular weight is 179 g/mol. The molecule has 0 spiro atoms. The second kappa shape index (κ2) is 2.91. The maximum atomic E-state index is 9.55. The molecule has 1 aliphatic rings. The first-order valence-electron chi connectivity index (χ1n) is 4.48. The number of fused-ring (bicyclic) bond motifs is 1. The molecule has 0 bridgehead atoms. The minimum atomic E-state index is 0.306. The van der Waals surface area contributed by atoms with Crippen molar-refractivity contribution in [2.24, 2.45) is 0 Å². The summed E-state index contributed by atoms with van der Waals surface area (Å²) >= 11 is 0. The molecule has 3 heteroatoms. The number of rotatable bonds is 1. The fraction of sp³-hybridized carbons (Fsp3) is 0.500. The van der Waals surface area contributed by atoms with Crippen LogP contribution < -0.4 is 4.74 Å². The normalized spacial score (nSPS) is 20.0. The topological polar surface area (TPSA) is 42.4 Å². The molecular weight excluding hydrogens is 166 g/mol. The van der Waals surface area contributed by atoms with Crippen molar-refractivity contribution < 1.29 is 9.84 Å². The zero-order valence-electron chi connectivity index (χ0n) is 7.87. The van der Waals surface area contributed by atoms with E-state index in [1.807, 2.05) is 0 Å². The van der Waals surface area contributed by atoms with E-state index >= 15 is 0 Å². The van der Waals surface area contributed by atoms with Gasteiger partial charge in [-0.15, -0.1) is 0 Å². The summed E-state index contributed by atoms with van der Waals surface area (Å²) in [5.74, 6) is 1.42. The molecule has 1 aromatic heterocycles. The van der Waals surface area contributed by atoms with Gasteiger partial charge in [0, 0.05) is 11.1 Å². The van der Waals surface area contributed by atoms with E-state index in [0.29, 0.717) is 17.5 Å². The van der Waals surface area contributed by atoms with Crippen LogP contribution in [0.15, 0.2) is 6.20 Å². The monoisotopic (exact) mass is 179 g/mol. The first kappa shape index (κ1) is 8.35. The zero-order chi connectivity index (χ0) is 9.42. The van der Waals surface area contributed by atoms with Crippen molar-refractivity contribution in [2.75, 3.05) is 7.11 Å². The van der Waals surface area contributed by atoms with Crippen molar-refractivity contribution in [3.63, 3.8) is 0 Å². The van der Waals surface area contributed by atoms with E-state index in [-0.39, 0.29) is 0 Å². The molecule has 13 heavy (non-hydrogen) atoms. The molecule has 1 atom stereocenters. The predicted octanol–water partition coefficient (Wildman–Crippen LogP) is 1.85. The van der Waals surface area contributed by atoms with Crippen LogP contribution in [0.25, 0.3) is 0 Å². The zero-order valence-corrected chi connectivity index (χ0v) is 7.87. The molecule has 1 aromatic rings. The summed E-state index contributed by atoms with van der Waals surface area (Å²) < 4.78 is 5.16. The summed E-state index contributed by atoms with van der Waals surface area (Å²) in [7, 11) is 1.62. The van der Waals surface area contributed by atoms with Crippen LogP contribution in [0, 0.1) is 0 Å². The maximum absolute atomic E-state index is 9.55. The molecule has 1 aliphatic carbocycles. The highest BCUT2D eigenvalue weighted by molar-refractivity contribution is 5.48. The van der Waals surface area contributed by atoms with Crippen LogP contribution in [-0.2, 0) is 6.42 Å². The lowest BCUT2D eigenvalue weighted by Crippen LogP contribution is -1.96. The Morgan fingerprint density at radius 3 is 3.08 bits per heavy atom. The third-order valence-corrected chi connectivity index (χ3v) is 2.68. The summed E-state index contributed by atoms with van der Waals surface area (Å²) in [5, 5.41) is 9.55. The fourth-order valence-corrected chi connectivity index (χ4v) is 1.97. The highest BCUT2D eigenvalue weighted by Gasteiger charge is 2.26. The third kappa shape index (κ3) is 1.15. The molecule has 0 radical (unpaired) electrons. The molecule has 0 fully saturated rings. The number of hydrogen-bond acceptors (Lipinski definition) is 3. The van der Waals surface area contributed by atoms with Crippen LogP contribution in [0.5, 0.6) is 11.6 Å². The largest absolute Gasteiger partial charge is 0.506 e. The van der Waals surface area contributed by atoms with Gasteiger partial charge in [-0.2, -0.15) is 0 Å². The molecule has 0 aromatic carbocycles. The molecule has 2 rings (SSSR count). The van der Waals surface area contributed by atoms with Gasteiger partial charge in [-0.25, -0.2) is 4.98 Å². The third-order valence-electron chi connectivity index (χ3n) is 2.68. The number of aromatic hydroxyl groups is 1. The molecular formula is C10H13NO2. The number of methoxy groups -OCH3 is 1. The van der Waals surface area contributed by atoms with Crippen LogP contribution in [0.3, 0.4) is 0 Å². The Balaban J connectivity index is 2.60. The van der Waals surface area contributed by atoms with Gasteiger partial charge < -0.3 is 9.84 Å². The van der Waals surface area contributed by atoms with Crippen LogP contribution in [0.1, 0.15) is 30.4 Å². The van der Waals surface area contributed by atoms with E-state index in [4.69, 9.17) is 4.74 Å². The summed E-state index contributed by atoms with van der Waals surface area (Å²) in [6, 6.07) is 0. The van der Waals surface area contributed by atoms with E-state index in [9.17, 15) is 5.11 Å². The van der Waals surface area contributed by atoms with Crippen molar-refractivity contribution >= 4 is 0 Å². The molecule has 70 valence electrons. The minimum Gasteiger partial charge on any atom is -0.506 e. The van der Waals surface area contributed by atoms with E-state index in [1.54, 1.807) is 7.11 Å². The van der Waals surface area contributed by atoms with Crippen molar-refractivity contribution in [1.29, 1.82) is 0 Å². The predicted molar refractivity (Wildman–Crippen MR) is 49.2 cm³/mol. The molecule has 1 heterocycles. The SMILES string of the molecule is COc1ncc(O)c2c1C(C)CC2. The lowest BCUT2D eigenvalue weighted by molar-refractivity contribution is 0.386.